The molecular formula is C27H42ClNO2. The summed E-state index contributed by atoms with van der Waals surface area (Å²) in [5.41, 5.74) is 2.78. The predicted molar refractivity (Wildman–Crippen MR) is 127 cm³/mol. The SMILES string of the molecule is CCCCCCCCc1ccc(OCCOCC[N+](C)(C)Cc2ccccc2)cc1.[Cl-]. The summed E-state index contributed by atoms with van der Waals surface area (Å²) in [6, 6.07) is 19.2. The molecule has 0 aliphatic carbocycles. The lowest BCUT2D eigenvalue weighted by Gasteiger charge is -2.29. The maximum atomic E-state index is 5.83. The van der Waals surface area contributed by atoms with E-state index in [1.165, 1.54) is 56.1 Å². The minimum absolute atomic E-state index is 0. The summed E-state index contributed by atoms with van der Waals surface area (Å²) in [5, 5.41) is 0. The zero-order chi connectivity index (χ0) is 21.5. The molecule has 0 bridgehead atoms. The highest BCUT2D eigenvalue weighted by Gasteiger charge is 2.15. The molecule has 0 saturated heterocycles. The van der Waals surface area contributed by atoms with Crippen LogP contribution in [0.25, 0.3) is 0 Å². The summed E-state index contributed by atoms with van der Waals surface area (Å²) < 4.78 is 12.6. The second-order valence-electron chi connectivity index (χ2n) is 8.93. The minimum Gasteiger partial charge on any atom is -1.00 e. The Labute approximate surface area is 196 Å². The van der Waals surface area contributed by atoms with Gasteiger partial charge in [-0.1, -0.05) is 81.5 Å². The van der Waals surface area contributed by atoms with Crippen LogP contribution in [-0.4, -0.2) is 44.9 Å². The second-order valence-corrected chi connectivity index (χ2v) is 8.93. The summed E-state index contributed by atoms with van der Waals surface area (Å²) in [6.45, 7) is 6.25. The van der Waals surface area contributed by atoms with Crippen molar-refractivity contribution >= 4 is 0 Å². The smallest absolute Gasteiger partial charge is 0.119 e. The van der Waals surface area contributed by atoms with Crippen LogP contribution in [-0.2, 0) is 17.7 Å². The number of aryl methyl sites for hydroxylation is 1. The molecule has 0 N–H and O–H groups in total. The molecule has 2 aromatic carbocycles. The molecule has 174 valence electrons. The zero-order valence-corrected chi connectivity index (χ0v) is 20.6. The fourth-order valence-electron chi connectivity index (χ4n) is 3.65. The van der Waals surface area contributed by atoms with Crippen LogP contribution in [0.15, 0.2) is 54.6 Å². The van der Waals surface area contributed by atoms with E-state index < -0.39 is 0 Å². The Bertz CT molecular complexity index is 673. The largest absolute Gasteiger partial charge is 1.00 e. The molecule has 0 aromatic heterocycles. The van der Waals surface area contributed by atoms with Gasteiger partial charge in [0.05, 0.1) is 27.3 Å². The van der Waals surface area contributed by atoms with Gasteiger partial charge < -0.3 is 26.4 Å². The van der Waals surface area contributed by atoms with Crippen molar-refractivity contribution in [3.8, 4) is 5.75 Å². The van der Waals surface area contributed by atoms with Gasteiger partial charge in [0.2, 0.25) is 0 Å². The van der Waals surface area contributed by atoms with Crippen LogP contribution in [0.1, 0.15) is 56.6 Å². The quantitative estimate of drug-likeness (QED) is 0.290. The molecule has 3 nitrogen and oxygen atoms in total. The van der Waals surface area contributed by atoms with Gasteiger partial charge in [-0.3, -0.25) is 0 Å². The van der Waals surface area contributed by atoms with Crippen LogP contribution >= 0.6 is 0 Å². The molecule has 2 rings (SSSR count). The topological polar surface area (TPSA) is 18.5 Å². The fourth-order valence-corrected chi connectivity index (χ4v) is 3.65. The van der Waals surface area contributed by atoms with Crippen molar-refractivity contribution in [3.63, 3.8) is 0 Å². The first-order valence-electron chi connectivity index (χ1n) is 11.7. The summed E-state index contributed by atoms with van der Waals surface area (Å²) in [5.74, 6) is 0.936. The molecular weight excluding hydrogens is 406 g/mol. The van der Waals surface area contributed by atoms with Crippen LogP contribution in [0.2, 0.25) is 0 Å². The summed E-state index contributed by atoms with van der Waals surface area (Å²) in [6.07, 6.45) is 9.25. The van der Waals surface area contributed by atoms with Crippen LogP contribution in [0.3, 0.4) is 0 Å². The first-order valence-corrected chi connectivity index (χ1v) is 11.7. The second kappa shape index (κ2) is 16.1. The normalized spacial score (nSPS) is 11.2. The van der Waals surface area contributed by atoms with Gasteiger partial charge in [-0.25, -0.2) is 0 Å². The Kier molecular flexibility index (Phi) is 14.3. The molecule has 2 aromatic rings. The molecule has 0 atom stereocenters. The van der Waals surface area contributed by atoms with Gasteiger partial charge in [-0.05, 0) is 30.5 Å². The number of benzene rings is 2. The molecule has 0 unspecified atom stereocenters. The van der Waals surface area contributed by atoms with E-state index >= 15 is 0 Å². The third kappa shape index (κ3) is 12.8. The molecule has 0 aliphatic rings. The Hall–Kier alpha value is -1.55. The lowest BCUT2D eigenvalue weighted by molar-refractivity contribution is -0.904. The first-order chi connectivity index (χ1) is 14.6. The van der Waals surface area contributed by atoms with Gasteiger partial charge in [0, 0.05) is 5.56 Å². The van der Waals surface area contributed by atoms with E-state index in [2.05, 4.69) is 75.6 Å². The minimum atomic E-state index is 0. The number of likely N-dealkylation sites (N-methyl/N-ethyl adjacent to an activating group) is 1. The first kappa shape index (κ1) is 27.5. The van der Waals surface area contributed by atoms with Gasteiger partial charge in [0.15, 0.2) is 0 Å². The highest BCUT2D eigenvalue weighted by molar-refractivity contribution is 5.27. The predicted octanol–water partition coefficient (Wildman–Crippen LogP) is 3.27. The number of unbranched alkanes of at least 4 members (excludes halogenated alkanes) is 5. The number of ether oxygens (including phenoxy) is 2. The Morgan fingerprint density at radius 1 is 0.710 bits per heavy atom. The number of nitrogens with zero attached hydrogens (tertiary/aromatic N) is 1. The van der Waals surface area contributed by atoms with E-state index in [0.29, 0.717) is 13.2 Å². The highest BCUT2D eigenvalue weighted by Crippen LogP contribution is 2.15. The lowest BCUT2D eigenvalue weighted by Crippen LogP contribution is -3.00. The van der Waals surface area contributed by atoms with Crippen molar-refractivity contribution < 1.29 is 26.4 Å². The average Bonchev–Trinajstić information content (AvgIpc) is 2.74. The van der Waals surface area contributed by atoms with Crippen molar-refractivity contribution in [2.75, 3.05) is 40.5 Å². The Morgan fingerprint density at radius 2 is 1.39 bits per heavy atom. The van der Waals surface area contributed by atoms with E-state index in [0.717, 1.165) is 29.9 Å². The number of hydrogen-bond donors (Lipinski definition) is 0. The van der Waals surface area contributed by atoms with Crippen molar-refractivity contribution in [1.82, 2.24) is 0 Å². The summed E-state index contributed by atoms with van der Waals surface area (Å²) >= 11 is 0. The number of rotatable bonds is 16. The third-order valence-corrected chi connectivity index (χ3v) is 5.53. The van der Waals surface area contributed by atoms with Crippen LogP contribution in [0.5, 0.6) is 5.75 Å². The monoisotopic (exact) mass is 447 g/mol. The van der Waals surface area contributed by atoms with E-state index in [-0.39, 0.29) is 12.4 Å². The van der Waals surface area contributed by atoms with Crippen LogP contribution < -0.4 is 17.1 Å². The van der Waals surface area contributed by atoms with Gasteiger partial charge in [-0.15, -0.1) is 0 Å². The zero-order valence-electron chi connectivity index (χ0n) is 19.8. The molecule has 0 fully saturated rings. The van der Waals surface area contributed by atoms with Gasteiger partial charge >= 0.3 is 0 Å². The molecule has 0 spiro atoms. The average molecular weight is 448 g/mol. The molecule has 4 heteroatoms. The van der Waals surface area contributed by atoms with Crippen molar-refractivity contribution in [3.05, 3.63) is 65.7 Å². The maximum absolute atomic E-state index is 5.83. The number of halogens is 1. The van der Waals surface area contributed by atoms with Gasteiger partial charge in [-0.2, -0.15) is 0 Å². The van der Waals surface area contributed by atoms with Gasteiger partial charge in [0.25, 0.3) is 0 Å². The Morgan fingerprint density at radius 3 is 2.10 bits per heavy atom. The molecule has 0 radical (unpaired) electrons. The number of hydrogen-bond acceptors (Lipinski definition) is 2. The maximum Gasteiger partial charge on any atom is 0.119 e. The van der Waals surface area contributed by atoms with E-state index in [1.54, 1.807) is 0 Å². The summed E-state index contributed by atoms with van der Waals surface area (Å²) in [7, 11) is 4.50. The fraction of sp³-hybridized carbons (Fsp3) is 0.556. The van der Waals surface area contributed by atoms with E-state index in [9.17, 15) is 0 Å². The van der Waals surface area contributed by atoms with Crippen LogP contribution in [0, 0.1) is 0 Å². The van der Waals surface area contributed by atoms with Crippen molar-refractivity contribution in [2.45, 2.75) is 58.4 Å². The van der Waals surface area contributed by atoms with Crippen molar-refractivity contribution in [1.29, 1.82) is 0 Å². The Balaban J connectivity index is 0.00000480. The molecule has 0 saturated carbocycles. The van der Waals surface area contributed by atoms with Crippen LogP contribution in [0.4, 0.5) is 0 Å². The molecule has 0 heterocycles. The summed E-state index contributed by atoms with van der Waals surface area (Å²) in [4.78, 5) is 0. The standard InChI is InChI=1S/C27H42NO2.ClH/c1-4-5-6-7-8-10-13-25-16-18-27(19-17-25)30-23-22-29-21-20-28(2,3)24-26-14-11-9-12-15-26;/h9,11-12,14-19H,4-8,10,13,20-24H2,1-3H3;1H/q+1;/p-1. The third-order valence-electron chi connectivity index (χ3n) is 5.53. The lowest BCUT2D eigenvalue weighted by atomic mass is 10.0. The molecule has 0 aliphatic heterocycles. The van der Waals surface area contributed by atoms with Crippen molar-refractivity contribution in [2.24, 2.45) is 0 Å². The molecule has 0 amide bonds. The highest BCUT2D eigenvalue weighted by atomic mass is 35.5. The van der Waals surface area contributed by atoms with Gasteiger partial charge in [0.1, 0.15) is 25.4 Å². The van der Waals surface area contributed by atoms with E-state index in [1.807, 2.05) is 0 Å². The van der Waals surface area contributed by atoms with E-state index in [4.69, 9.17) is 9.47 Å². The number of quaternary nitrogens is 1. The molecule has 31 heavy (non-hydrogen) atoms.